The second-order valence-electron chi connectivity index (χ2n) is 6.34. The first-order chi connectivity index (χ1) is 12.6. The fraction of sp³-hybridized carbons (Fsp3) is 0.526. The van der Waals surface area contributed by atoms with E-state index >= 15 is 0 Å². The molecule has 140 valence electrons. The molecule has 0 spiro atoms. The largest absolute Gasteiger partial charge is 0.343 e. The van der Waals surface area contributed by atoms with Crippen molar-refractivity contribution in [1.82, 2.24) is 14.5 Å². The molecule has 1 aliphatic rings. The second kappa shape index (κ2) is 8.39. The van der Waals surface area contributed by atoms with E-state index in [1.54, 1.807) is 26.9 Å². The molecular formula is C19H25N3O2S2. The van der Waals surface area contributed by atoms with Crippen molar-refractivity contribution >= 4 is 39.2 Å². The highest BCUT2D eigenvalue weighted by molar-refractivity contribution is 7.99. The Morgan fingerprint density at radius 1 is 1.35 bits per heavy atom. The minimum absolute atomic E-state index is 0.00656. The van der Waals surface area contributed by atoms with Crippen LogP contribution in [0.3, 0.4) is 0 Å². The lowest BCUT2D eigenvalue weighted by Crippen LogP contribution is -2.32. The summed E-state index contributed by atoms with van der Waals surface area (Å²) in [6.07, 6.45) is 6.03. The van der Waals surface area contributed by atoms with Crippen molar-refractivity contribution in [2.45, 2.75) is 51.2 Å². The number of hydrogen-bond acceptors (Lipinski definition) is 5. The van der Waals surface area contributed by atoms with Gasteiger partial charge in [-0.25, -0.2) is 4.98 Å². The molecule has 0 unspecified atom stereocenters. The second-order valence-corrected chi connectivity index (χ2v) is 8.37. The zero-order valence-electron chi connectivity index (χ0n) is 15.4. The topological polar surface area (TPSA) is 55.2 Å². The number of thioether (sulfide) groups is 1. The van der Waals surface area contributed by atoms with Crippen LogP contribution in [0.5, 0.6) is 0 Å². The highest BCUT2D eigenvalue weighted by Gasteiger charge is 2.22. The number of thiophene rings is 1. The van der Waals surface area contributed by atoms with Gasteiger partial charge in [0, 0.05) is 24.5 Å². The van der Waals surface area contributed by atoms with Gasteiger partial charge in [0.05, 0.1) is 11.1 Å². The highest BCUT2D eigenvalue weighted by Crippen LogP contribution is 2.34. The summed E-state index contributed by atoms with van der Waals surface area (Å²) in [5, 5.41) is 1.40. The Morgan fingerprint density at radius 3 is 2.77 bits per heavy atom. The number of carbonyl (C=O) groups is 1. The summed E-state index contributed by atoms with van der Waals surface area (Å²) in [6.45, 7) is 9.52. The molecule has 0 bridgehead atoms. The van der Waals surface area contributed by atoms with E-state index in [1.165, 1.54) is 28.6 Å². The predicted molar refractivity (Wildman–Crippen MR) is 109 cm³/mol. The standard InChI is InChI=1S/C19H25N3O2S2/c1-4-11-22-18(24)16-13-9-7-8-10-14(13)26-17(16)20-19(22)25-12-15(23)21(5-2)6-3/h4H,1,5-12H2,2-3H3. The Labute approximate surface area is 162 Å². The molecule has 7 heteroatoms. The van der Waals surface area contributed by atoms with Gasteiger partial charge in [-0.1, -0.05) is 17.8 Å². The van der Waals surface area contributed by atoms with Crippen molar-refractivity contribution in [2.75, 3.05) is 18.8 Å². The maximum absolute atomic E-state index is 13.1. The lowest BCUT2D eigenvalue weighted by Gasteiger charge is -2.18. The van der Waals surface area contributed by atoms with E-state index in [0.29, 0.717) is 30.5 Å². The molecule has 1 aliphatic carbocycles. The van der Waals surface area contributed by atoms with Gasteiger partial charge in [0.15, 0.2) is 5.16 Å². The first kappa shape index (κ1) is 19.2. The van der Waals surface area contributed by atoms with Crippen molar-refractivity contribution in [3.05, 3.63) is 33.4 Å². The van der Waals surface area contributed by atoms with Crippen LogP contribution in [0.15, 0.2) is 22.6 Å². The number of rotatable bonds is 7. The monoisotopic (exact) mass is 391 g/mol. The fourth-order valence-electron chi connectivity index (χ4n) is 3.41. The molecule has 0 N–H and O–H groups in total. The van der Waals surface area contributed by atoms with Crippen LogP contribution in [-0.4, -0.2) is 39.2 Å². The van der Waals surface area contributed by atoms with E-state index in [0.717, 1.165) is 29.5 Å². The van der Waals surface area contributed by atoms with E-state index < -0.39 is 0 Å². The molecule has 0 aliphatic heterocycles. The van der Waals surface area contributed by atoms with Crippen LogP contribution in [0.4, 0.5) is 0 Å². The van der Waals surface area contributed by atoms with E-state index in [4.69, 9.17) is 4.98 Å². The molecule has 2 aromatic rings. The molecule has 0 aromatic carbocycles. The van der Waals surface area contributed by atoms with Crippen molar-refractivity contribution in [2.24, 2.45) is 0 Å². The highest BCUT2D eigenvalue weighted by atomic mass is 32.2. The SMILES string of the molecule is C=CCn1c(SCC(=O)N(CC)CC)nc2sc3c(c2c1=O)CCCC3. The Kier molecular flexibility index (Phi) is 6.19. The van der Waals surface area contributed by atoms with E-state index in [1.807, 2.05) is 13.8 Å². The van der Waals surface area contributed by atoms with Gasteiger partial charge in [-0.3, -0.25) is 14.2 Å². The third kappa shape index (κ3) is 3.60. The Morgan fingerprint density at radius 2 is 2.08 bits per heavy atom. The summed E-state index contributed by atoms with van der Waals surface area (Å²) < 4.78 is 1.66. The lowest BCUT2D eigenvalue weighted by molar-refractivity contribution is -0.127. The number of aromatic nitrogens is 2. The molecule has 0 saturated heterocycles. The number of aryl methyl sites for hydroxylation is 2. The number of allylic oxidation sites excluding steroid dienone is 1. The fourth-order valence-corrected chi connectivity index (χ4v) is 5.63. The number of nitrogens with zero attached hydrogens (tertiary/aromatic N) is 3. The third-order valence-corrected chi connectivity index (χ3v) is 6.94. The molecule has 0 saturated carbocycles. The van der Waals surface area contributed by atoms with Crippen LogP contribution < -0.4 is 5.56 Å². The first-order valence-electron chi connectivity index (χ1n) is 9.17. The molecule has 5 nitrogen and oxygen atoms in total. The summed E-state index contributed by atoms with van der Waals surface area (Å²) in [4.78, 5) is 34.2. The zero-order chi connectivity index (χ0) is 18.7. The van der Waals surface area contributed by atoms with Crippen LogP contribution in [0.25, 0.3) is 10.2 Å². The van der Waals surface area contributed by atoms with Crippen molar-refractivity contribution < 1.29 is 4.79 Å². The number of carbonyl (C=O) groups excluding carboxylic acids is 1. The Balaban J connectivity index is 1.99. The normalized spacial score (nSPS) is 13.6. The van der Waals surface area contributed by atoms with Crippen LogP contribution in [-0.2, 0) is 24.2 Å². The molecular weight excluding hydrogens is 366 g/mol. The van der Waals surface area contributed by atoms with Crippen LogP contribution in [0, 0.1) is 0 Å². The summed E-state index contributed by atoms with van der Waals surface area (Å²) in [7, 11) is 0. The van der Waals surface area contributed by atoms with Gasteiger partial charge >= 0.3 is 0 Å². The van der Waals surface area contributed by atoms with Gasteiger partial charge < -0.3 is 4.90 Å². The van der Waals surface area contributed by atoms with Crippen LogP contribution in [0.2, 0.25) is 0 Å². The van der Waals surface area contributed by atoms with E-state index in [9.17, 15) is 9.59 Å². The molecule has 3 rings (SSSR count). The van der Waals surface area contributed by atoms with Gasteiger partial charge in [0.25, 0.3) is 5.56 Å². The lowest BCUT2D eigenvalue weighted by atomic mass is 9.97. The maximum Gasteiger partial charge on any atom is 0.263 e. The summed E-state index contributed by atoms with van der Waals surface area (Å²) in [5.41, 5.74) is 1.20. The third-order valence-electron chi connectivity index (χ3n) is 4.79. The summed E-state index contributed by atoms with van der Waals surface area (Å²) >= 11 is 2.99. The van der Waals surface area contributed by atoms with Crippen LogP contribution >= 0.6 is 23.1 Å². The van der Waals surface area contributed by atoms with Crippen LogP contribution in [0.1, 0.15) is 37.1 Å². The Hall–Kier alpha value is -1.60. The Bertz CT molecular complexity index is 881. The summed E-state index contributed by atoms with van der Waals surface area (Å²) in [6, 6.07) is 0. The summed E-state index contributed by atoms with van der Waals surface area (Å²) in [5.74, 6) is 0.368. The van der Waals surface area contributed by atoms with Crippen molar-refractivity contribution in [3.8, 4) is 0 Å². The van der Waals surface area contributed by atoms with Gasteiger partial charge in [0.2, 0.25) is 5.91 Å². The molecule has 2 heterocycles. The predicted octanol–water partition coefficient (Wildman–Crippen LogP) is 3.48. The van der Waals surface area contributed by atoms with Gasteiger partial charge in [-0.2, -0.15) is 0 Å². The number of hydrogen-bond donors (Lipinski definition) is 0. The molecule has 0 radical (unpaired) electrons. The molecule has 26 heavy (non-hydrogen) atoms. The molecule has 2 aromatic heterocycles. The minimum atomic E-state index is 0.00656. The number of amides is 1. The van der Waals surface area contributed by atoms with Crippen molar-refractivity contribution in [3.63, 3.8) is 0 Å². The van der Waals surface area contributed by atoms with Gasteiger partial charge in [-0.05, 0) is 45.1 Å². The quantitative estimate of drug-likeness (QED) is 0.412. The van der Waals surface area contributed by atoms with E-state index in [2.05, 4.69) is 6.58 Å². The van der Waals surface area contributed by atoms with E-state index in [-0.39, 0.29) is 11.5 Å². The number of fused-ring (bicyclic) bond motifs is 3. The minimum Gasteiger partial charge on any atom is -0.343 e. The average Bonchev–Trinajstić information content (AvgIpc) is 3.02. The zero-order valence-corrected chi connectivity index (χ0v) is 17.0. The molecule has 0 atom stereocenters. The van der Waals surface area contributed by atoms with Crippen molar-refractivity contribution in [1.29, 1.82) is 0 Å². The molecule has 0 fully saturated rings. The van der Waals surface area contributed by atoms with Gasteiger partial charge in [-0.15, -0.1) is 17.9 Å². The maximum atomic E-state index is 13.1. The molecule has 1 amide bonds. The van der Waals surface area contributed by atoms with Gasteiger partial charge in [0.1, 0.15) is 4.83 Å². The smallest absolute Gasteiger partial charge is 0.263 e. The average molecular weight is 392 g/mol. The first-order valence-corrected chi connectivity index (χ1v) is 11.0.